The first kappa shape index (κ1) is 14.9. The van der Waals surface area contributed by atoms with E-state index in [4.69, 9.17) is 16.2 Å². The van der Waals surface area contributed by atoms with Crippen LogP contribution in [0.3, 0.4) is 0 Å². The molecule has 1 fully saturated rings. The first-order valence-corrected chi connectivity index (χ1v) is 7.04. The Labute approximate surface area is 119 Å². The lowest BCUT2D eigenvalue weighted by molar-refractivity contribution is 0.196. The summed E-state index contributed by atoms with van der Waals surface area (Å²) in [6.07, 6.45) is 2.77. The minimum Gasteiger partial charge on any atom is -0.395 e. The second-order valence-corrected chi connectivity index (χ2v) is 5.12. The van der Waals surface area contributed by atoms with Crippen LogP contribution in [0.2, 0.25) is 0 Å². The van der Waals surface area contributed by atoms with Gasteiger partial charge in [0.05, 0.1) is 6.61 Å². The number of nitrogens with zero attached hydrogens (tertiary/aromatic N) is 3. The van der Waals surface area contributed by atoms with Crippen molar-refractivity contribution < 1.29 is 5.11 Å². The van der Waals surface area contributed by atoms with E-state index in [1.807, 2.05) is 12.1 Å². The van der Waals surface area contributed by atoms with Crippen LogP contribution in [-0.4, -0.2) is 65.1 Å². The first-order valence-electron chi connectivity index (χ1n) is 7.04. The van der Waals surface area contributed by atoms with Crippen LogP contribution >= 0.6 is 0 Å². The van der Waals surface area contributed by atoms with Gasteiger partial charge in [0.15, 0.2) is 0 Å². The number of aromatic nitrogens is 1. The fourth-order valence-electron chi connectivity index (χ4n) is 2.60. The molecule has 2 rings (SSSR count). The van der Waals surface area contributed by atoms with Gasteiger partial charge in [-0.05, 0) is 31.1 Å². The second kappa shape index (κ2) is 7.33. The summed E-state index contributed by atoms with van der Waals surface area (Å²) in [5.41, 5.74) is 7.18. The van der Waals surface area contributed by atoms with Gasteiger partial charge in [0.25, 0.3) is 0 Å². The monoisotopic (exact) mass is 277 g/mol. The van der Waals surface area contributed by atoms with Crippen LogP contribution in [0.5, 0.6) is 0 Å². The topological polar surface area (TPSA) is 89.5 Å². The van der Waals surface area contributed by atoms with Crippen LogP contribution in [0.1, 0.15) is 17.7 Å². The smallest absolute Gasteiger partial charge is 0.142 e. The summed E-state index contributed by atoms with van der Waals surface area (Å²) in [6, 6.07) is 3.87. The number of nitrogens with two attached hydrogens (primary N) is 1. The number of hydrogen-bond acceptors (Lipinski definition) is 5. The van der Waals surface area contributed by atoms with Crippen LogP contribution in [0, 0.1) is 5.41 Å². The molecule has 0 radical (unpaired) electrons. The summed E-state index contributed by atoms with van der Waals surface area (Å²) in [5.74, 6) is 0.0253. The number of nitrogens with one attached hydrogen (secondary N) is 1. The summed E-state index contributed by atoms with van der Waals surface area (Å²) in [4.78, 5) is 8.84. The van der Waals surface area contributed by atoms with Crippen LogP contribution in [0.15, 0.2) is 18.3 Å². The molecule has 1 aromatic rings. The largest absolute Gasteiger partial charge is 0.395 e. The third-order valence-corrected chi connectivity index (χ3v) is 3.64. The molecule has 1 aliphatic heterocycles. The van der Waals surface area contributed by atoms with E-state index in [0.29, 0.717) is 5.69 Å². The Morgan fingerprint density at radius 2 is 2.05 bits per heavy atom. The number of aliphatic hydroxyl groups excluding tert-OH is 1. The average Bonchev–Trinajstić information content (AvgIpc) is 2.65. The van der Waals surface area contributed by atoms with Crippen molar-refractivity contribution >= 4 is 5.84 Å². The van der Waals surface area contributed by atoms with Crippen LogP contribution in [-0.2, 0) is 6.54 Å². The van der Waals surface area contributed by atoms with Crippen LogP contribution in [0.25, 0.3) is 0 Å². The van der Waals surface area contributed by atoms with E-state index >= 15 is 0 Å². The summed E-state index contributed by atoms with van der Waals surface area (Å²) in [6.45, 7) is 5.73. The van der Waals surface area contributed by atoms with Gasteiger partial charge >= 0.3 is 0 Å². The number of aliphatic hydroxyl groups is 1. The fraction of sp³-hybridized carbons (Fsp3) is 0.571. The summed E-state index contributed by atoms with van der Waals surface area (Å²) < 4.78 is 0. The van der Waals surface area contributed by atoms with E-state index in [1.165, 1.54) is 0 Å². The molecule has 20 heavy (non-hydrogen) atoms. The van der Waals surface area contributed by atoms with E-state index in [1.54, 1.807) is 6.20 Å². The molecule has 0 amide bonds. The quantitative estimate of drug-likeness (QED) is 0.515. The standard InChI is InChI=1S/C14H23N5O/c15-14(16)13-12(3-1-4-17-13)11-19-6-2-5-18(7-8-19)9-10-20/h1,3-4,20H,2,5-11H2,(H3,15,16). The molecule has 0 bridgehead atoms. The molecule has 0 atom stereocenters. The Hall–Kier alpha value is -1.50. The highest BCUT2D eigenvalue weighted by molar-refractivity contribution is 5.94. The fourth-order valence-corrected chi connectivity index (χ4v) is 2.60. The lowest BCUT2D eigenvalue weighted by atomic mass is 10.1. The van der Waals surface area contributed by atoms with E-state index in [-0.39, 0.29) is 12.4 Å². The van der Waals surface area contributed by atoms with Gasteiger partial charge in [-0.1, -0.05) is 6.07 Å². The number of nitrogen functional groups attached to an aromatic ring is 1. The molecule has 6 heteroatoms. The van der Waals surface area contributed by atoms with Crippen LogP contribution in [0.4, 0.5) is 0 Å². The second-order valence-electron chi connectivity index (χ2n) is 5.12. The molecule has 0 aliphatic carbocycles. The SMILES string of the molecule is N=C(N)c1ncccc1CN1CCCN(CCO)CC1. The highest BCUT2D eigenvalue weighted by atomic mass is 16.3. The lowest BCUT2D eigenvalue weighted by Gasteiger charge is -2.22. The summed E-state index contributed by atoms with van der Waals surface area (Å²) in [5, 5.41) is 16.6. The van der Waals surface area contributed by atoms with Crippen LogP contribution < -0.4 is 5.73 Å². The molecular weight excluding hydrogens is 254 g/mol. The van der Waals surface area contributed by atoms with Gasteiger partial charge in [0.1, 0.15) is 11.5 Å². The van der Waals surface area contributed by atoms with Crippen molar-refractivity contribution in [2.45, 2.75) is 13.0 Å². The Bertz CT molecular complexity index is 451. The molecule has 4 N–H and O–H groups in total. The zero-order valence-corrected chi connectivity index (χ0v) is 11.8. The normalized spacial score (nSPS) is 17.9. The highest BCUT2D eigenvalue weighted by Gasteiger charge is 2.16. The van der Waals surface area contributed by atoms with E-state index in [9.17, 15) is 0 Å². The molecule has 1 saturated heterocycles. The Kier molecular flexibility index (Phi) is 5.46. The number of rotatable bonds is 5. The maximum Gasteiger partial charge on any atom is 0.142 e. The van der Waals surface area contributed by atoms with Crippen molar-refractivity contribution in [2.75, 3.05) is 39.3 Å². The zero-order valence-electron chi connectivity index (χ0n) is 11.8. The number of β-amino-alcohol motifs (C(OH)–C–C–N with tert-alkyl or cyclic N) is 1. The number of hydrogen-bond donors (Lipinski definition) is 3. The molecule has 1 aromatic heterocycles. The van der Waals surface area contributed by atoms with Crippen molar-refractivity contribution in [3.8, 4) is 0 Å². The molecule has 0 aromatic carbocycles. The number of pyridine rings is 1. The minimum atomic E-state index is 0.0253. The lowest BCUT2D eigenvalue weighted by Crippen LogP contribution is -2.32. The zero-order chi connectivity index (χ0) is 14.4. The molecule has 6 nitrogen and oxygen atoms in total. The van der Waals surface area contributed by atoms with Gasteiger partial charge in [-0.15, -0.1) is 0 Å². The molecule has 0 spiro atoms. The molecule has 0 unspecified atom stereocenters. The first-order chi connectivity index (χ1) is 9.70. The highest BCUT2D eigenvalue weighted by Crippen LogP contribution is 2.11. The third kappa shape index (κ3) is 4.00. The Morgan fingerprint density at radius 3 is 2.80 bits per heavy atom. The Balaban J connectivity index is 1.98. The van der Waals surface area contributed by atoms with E-state index < -0.39 is 0 Å². The predicted molar refractivity (Wildman–Crippen MR) is 78.7 cm³/mol. The van der Waals surface area contributed by atoms with Gasteiger partial charge in [-0.3, -0.25) is 20.2 Å². The Morgan fingerprint density at radius 1 is 1.30 bits per heavy atom. The predicted octanol–water partition coefficient (Wildman–Crippen LogP) is -0.134. The maximum atomic E-state index is 9.01. The van der Waals surface area contributed by atoms with Gasteiger partial charge in [0.2, 0.25) is 0 Å². The molecule has 2 heterocycles. The van der Waals surface area contributed by atoms with Gasteiger partial charge in [-0.25, -0.2) is 0 Å². The van der Waals surface area contributed by atoms with Crippen molar-refractivity contribution in [3.63, 3.8) is 0 Å². The van der Waals surface area contributed by atoms with E-state index in [0.717, 1.165) is 51.3 Å². The van der Waals surface area contributed by atoms with Gasteiger partial charge < -0.3 is 10.8 Å². The molecular formula is C14H23N5O. The summed E-state index contributed by atoms with van der Waals surface area (Å²) >= 11 is 0. The third-order valence-electron chi connectivity index (χ3n) is 3.64. The minimum absolute atomic E-state index is 0.0253. The molecule has 1 aliphatic rings. The van der Waals surface area contributed by atoms with Gasteiger partial charge in [0, 0.05) is 32.4 Å². The van der Waals surface area contributed by atoms with Gasteiger partial charge in [-0.2, -0.15) is 0 Å². The molecule has 0 saturated carbocycles. The molecule has 110 valence electrons. The van der Waals surface area contributed by atoms with E-state index in [2.05, 4.69) is 14.8 Å². The van der Waals surface area contributed by atoms with Crippen molar-refractivity contribution in [1.29, 1.82) is 5.41 Å². The maximum absolute atomic E-state index is 9.01. The van der Waals surface area contributed by atoms with Crippen molar-refractivity contribution in [3.05, 3.63) is 29.6 Å². The average molecular weight is 277 g/mol. The summed E-state index contributed by atoms with van der Waals surface area (Å²) in [7, 11) is 0. The number of amidine groups is 1. The van der Waals surface area contributed by atoms with Crippen molar-refractivity contribution in [1.82, 2.24) is 14.8 Å². The van der Waals surface area contributed by atoms with Crippen molar-refractivity contribution in [2.24, 2.45) is 5.73 Å².